The number of carbonyl (C=O) groups is 2. The Morgan fingerprint density at radius 3 is 2.03 bits per heavy atom. The van der Waals surface area contributed by atoms with Gasteiger partial charge >= 0.3 is 11.9 Å². The third-order valence-corrected chi connectivity index (χ3v) is 5.30. The molecule has 1 unspecified atom stereocenters. The van der Waals surface area contributed by atoms with Gasteiger partial charge in [-0.2, -0.15) is 0 Å². The Bertz CT molecular complexity index is 826. The fourth-order valence-corrected chi connectivity index (χ4v) is 3.75. The number of carboxylic acid groups (broad SMARTS) is 2. The molecule has 0 heterocycles. The highest BCUT2D eigenvalue weighted by molar-refractivity contribution is 5.89. The molecule has 0 saturated heterocycles. The fourth-order valence-electron chi connectivity index (χ4n) is 3.75. The normalized spacial score (nSPS) is 14.9. The summed E-state index contributed by atoms with van der Waals surface area (Å²) in [6.07, 6.45) is 6.05. The van der Waals surface area contributed by atoms with Crippen molar-refractivity contribution in [2.45, 2.75) is 44.2 Å². The Morgan fingerprint density at radius 1 is 0.968 bits per heavy atom. The van der Waals surface area contributed by atoms with E-state index < -0.39 is 18.0 Å². The summed E-state index contributed by atoms with van der Waals surface area (Å²) in [7, 11) is 2.06. The SMILES string of the molecule is CN(Cc1ccccc1)CC(O)c1ccc(C2CCCC2)cc1.O=C(O)/C=C\C(=O)O. The van der Waals surface area contributed by atoms with E-state index in [0.29, 0.717) is 18.7 Å². The quantitative estimate of drug-likeness (QED) is 0.548. The van der Waals surface area contributed by atoms with Gasteiger partial charge in [0.15, 0.2) is 0 Å². The number of benzene rings is 2. The van der Waals surface area contributed by atoms with Gasteiger partial charge in [-0.3, -0.25) is 4.90 Å². The molecule has 2 aromatic carbocycles. The van der Waals surface area contributed by atoms with E-state index in [0.717, 1.165) is 18.0 Å². The molecule has 1 saturated carbocycles. The number of likely N-dealkylation sites (N-methyl/N-ethyl adjacent to an activating group) is 1. The lowest BCUT2D eigenvalue weighted by Gasteiger charge is -2.21. The van der Waals surface area contributed by atoms with Crippen LogP contribution in [0.1, 0.15) is 54.4 Å². The van der Waals surface area contributed by atoms with Gasteiger partial charge in [0.25, 0.3) is 0 Å². The topological polar surface area (TPSA) is 98.1 Å². The van der Waals surface area contributed by atoms with Crippen LogP contribution in [0.25, 0.3) is 0 Å². The minimum Gasteiger partial charge on any atom is -0.478 e. The lowest BCUT2D eigenvalue weighted by Crippen LogP contribution is -2.24. The van der Waals surface area contributed by atoms with Crippen molar-refractivity contribution in [1.29, 1.82) is 0 Å². The van der Waals surface area contributed by atoms with Crippen LogP contribution < -0.4 is 0 Å². The third kappa shape index (κ3) is 9.15. The van der Waals surface area contributed by atoms with Crippen molar-refractivity contribution < 1.29 is 24.9 Å². The van der Waals surface area contributed by atoms with Crippen molar-refractivity contribution >= 4 is 11.9 Å². The molecule has 0 bridgehead atoms. The summed E-state index contributed by atoms with van der Waals surface area (Å²) in [4.78, 5) is 21.3. The molecule has 1 aliphatic carbocycles. The molecule has 6 heteroatoms. The number of rotatable bonds is 8. The monoisotopic (exact) mass is 425 g/mol. The highest BCUT2D eigenvalue weighted by Crippen LogP contribution is 2.34. The van der Waals surface area contributed by atoms with E-state index in [-0.39, 0.29) is 0 Å². The zero-order chi connectivity index (χ0) is 22.6. The fraction of sp³-hybridized carbons (Fsp3) is 0.360. The second-order valence-corrected chi connectivity index (χ2v) is 7.86. The zero-order valence-corrected chi connectivity index (χ0v) is 17.9. The van der Waals surface area contributed by atoms with Crippen LogP contribution in [0, 0.1) is 0 Å². The van der Waals surface area contributed by atoms with E-state index >= 15 is 0 Å². The average molecular weight is 426 g/mol. The van der Waals surface area contributed by atoms with E-state index in [1.54, 1.807) is 0 Å². The van der Waals surface area contributed by atoms with Gasteiger partial charge in [-0.15, -0.1) is 0 Å². The number of nitrogens with zero attached hydrogens (tertiary/aromatic N) is 1. The van der Waals surface area contributed by atoms with Crippen molar-refractivity contribution in [3.8, 4) is 0 Å². The van der Waals surface area contributed by atoms with Gasteiger partial charge in [0.05, 0.1) is 6.10 Å². The predicted octanol–water partition coefficient (Wildman–Crippen LogP) is 4.22. The molecule has 1 aliphatic rings. The van der Waals surface area contributed by atoms with E-state index in [1.807, 2.05) is 6.07 Å². The Kier molecular flexibility index (Phi) is 9.94. The first-order valence-electron chi connectivity index (χ1n) is 10.5. The van der Waals surface area contributed by atoms with Gasteiger partial charge in [-0.05, 0) is 42.5 Å². The summed E-state index contributed by atoms with van der Waals surface area (Å²) in [5.74, 6) is -1.78. The minimum atomic E-state index is -1.26. The molecule has 31 heavy (non-hydrogen) atoms. The van der Waals surface area contributed by atoms with Crippen LogP contribution >= 0.6 is 0 Å². The number of aliphatic hydroxyl groups is 1. The van der Waals surface area contributed by atoms with Crippen molar-refractivity contribution in [3.63, 3.8) is 0 Å². The van der Waals surface area contributed by atoms with Crippen LogP contribution in [-0.2, 0) is 16.1 Å². The molecule has 2 aromatic rings. The number of aliphatic hydroxyl groups excluding tert-OH is 1. The molecule has 166 valence electrons. The highest BCUT2D eigenvalue weighted by atomic mass is 16.4. The molecule has 1 fully saturated rings. The van der Waals surface area contributed by atoms with Gasteiger partial charge < -0.3 is 15.3 Å². The molecule has 0 radical (unpaired) electrons. The van der Waals surface area contributed by atoms with Crippen molar-refractivity contribution in [2.24, 2.45) is 0 Å². The molecule has 3 rings (SSSR count). The standard InChI is InChI=1S/C21H27NO.C4H4O4/c1-22(15-17-7-3-2-4-8-17)16-21(23)20-13-11-19(12-14-20)18-9-5-6-10-18;5-3(6)1-2-4(7)8/h2-4,7-8,11-14,18,21,23H,5-6,9-10,15-16H2,1H3;1-2H,(H,5,6)(H,7,8)/b;2-1-. The summed E-state index contributed by atoms with van der Waals surface area (Å²) >= 11 is 0. The molecule has 0 aliphatic heterocycles. The van der Waals surface area contributed by atoms with E-state index in [2.05, 4.69) is 60.5 Å². The maximum absolute atomic E-state index is 10.5. The first-order valence-corrected chi connectivity index (χ1v) is 10.5. The maximum Gasteiger partial charge on any atom is 0.328 e. The number of aliphatic carboxylic acids is 2. The van der Waals surface area contributed by atoms with Crippen LogP contribution in [0.4, 0.5) is 0 Å². The van der Waals surface area contributed by atoms with Crippen molar-refractivity contribution in [3.05, 3.63) is 83.4 Å². The zero-order valence-electron chi connectivity index (χ0n) is 17.9. The molecule has 0 aromatic heterocycles. The molecule has 3 N–H and O–H groups in total. The first kappa shape index (κ1) is 24.3. The summed E-state index contributed by atoms with van der Waals surface area (Å²) in [6.45, 7) is 1.51. The van der Waals surface area contributed by atoms with Crippen LogP contribution in [0.2, 0.25) is 0 Å². The molecule has 1 atom stereocenters. The van der Waals surface area contributed by atoms with Gasteiger partial charge in [-0.25, -0.2) is 9.59 Å². The third-order valence-electron chi connectivity index (χ3n) is 5.30. The van der Waals surface area contributed by atoms with Gasteiger partial charge in [0.2, 0.25) is 0 Å². The minimum absolute atomic E-state index is 0.429. The van der Waals surface area contributed by atoms with Crippen molar-refractivity contribution in [2.75, 3.05) is 13.6 Å². The molecule has 0 amide bonds. The van der Waals surface area contributed by atoms with E-state index in [4.69, 9.17) is 10.2 Å². The number of carboxylic acids is 2. The number of hydrogen-bond donors (Lipinski definition) is 3. The van der Waals surface area contributed by atoms with Crippen LogP contribution in [0.5, 0.6) is 0 Å². The number of hydrogen-bond acceptors (Lipinski definition) is 4. The largest absolute Gasteiger partial charge is 0.478 e. The second-order valence-electron chi connectivity index (χ2n) is 7.86. The molecular weight excluding hydrogens is 394 g/mol. The van der Waals surface area contributed by atoms with Crippen LogP contribution in [-0.4, -0.2) is 45.8 Å². The maximum atomic E-state index is 10.5. The Labute approximate surface area is 183 Å². The predicted molar refractivity (Wildman–Crippen MR) is 120 cm³/mol. The highest BCUT2D eigenvalue weighted by Gasteiger charge is 2.17. The van der Waals surface area contributed by atoms with Gasteiger partial charge in [0, 0.05) is 25.2 Å². The Hall–Kier alpha value is -2.96. The van der Waals surface area contributed by atoms with Gasteiger partial charge in [-0.1, -0.05) is 67.4 Å². The molecular formula is C25H31NO5. The lowest BCUT2D eigenvalue weighted by atomic mass is 9.95. The van der Waals surface area contributed by atoms with Crippen LogP contribution in [0.3, 0.4) is 0 Å². The summed E-state index contributed by atoms with van der Waals surface area (Å²) in [5, 5.41) is 26.1. The van der Waals surface area contributed by atoms with Gasteiger partial charge in [0.1, 0.15) is 0 Å². The lowest BCUT2D eigenvalue weighted by molar-refractivity contribution is -0.134. The Balaban J connectivity index is 0.000000366. The molecule has 0 spiro atoms. The second kappa shape index (κ2) is 12.7. The first-order chi connectivity index (χ1) is 14.8. The van der Waals surface area contributed by atoms with E-state index in [1.165, 1.54) is 36.8 Å². The average Bonchev–Trinajstić information content (AvgIpc) is 3.28. The molecule has 6 nitrogen and oxygen atoms in total. The summed E-state index contributed by atoms with van der Waals surface area (Å²) < 4.78 is 0. The Morgan fingerprint density at radius 2 is 1.52 bits per heavy atom. The summed E-state index contributed by atoms with van der Waals surface area (Å²) in [5.41, 5.74) is 3.74. The van der Waals surface area contributed by atoms with Crippen molar-refractivity contribution in [1.82, 2.24) is 4.90 Å². The van der Waals surface area contributed by atoms with E-state index in [9.17, 15) is 14.7 Å². The van der Waals surface area contributed by atoms with Crippen LogP contribution in [0.15, 0.2) is 66.7 Å². The summed E-state index contributed by atoms with van der Waals surface area (Å²) in [6, 6.07) is 19.0. The smallest absolute Gasteiger partial charge is 0.328 e.